The maximum absolute atomic E-state index is 10.9. The lowest BCUT2D eigenvalue weighted by atomic mass is 10.1. The number of hydrogen-bond donors (Lipinski definition) is 0. The molecule has 1 nitrogen and oxygen atoms in total. The largest absolute Gasteiger partial charge is 0.228 e. The Bertz CT molecular complexity index is 211. The lowest BCUT2D eigenvalue weighted by molar-refractivity contribution is 0.106. The van der Waals surface area contributed by atoms with Gasteiger partial charge in [0.2, 0.25) is 0 Å². The van der Waals surface area contributed by atoms with Crippen LogP contribution in [0.4, 0.5) is 0 Å². The summed E-state index contributed by atoms with van der Waals surface area (Å²) >= 11 is 0. The molecule has 11 heavy (non-hydrogen) atoms. The molecule has 1 radical (unpaired) electrons. The summed E-state index contributed by atoms with van der Waals surface area (Å²) in [4.78, 5) is 0. The molecule has 59 valence electrons. The smallest absolute Gasteiger partial charge is 0.115 e. The van der Waals surface area contributed by atoms with E-state index in [0.717, 1.165) is 12.0 Å². The topological polar surface area (TPSA) is 19.9 Å². The molecule has 1 aromatic rings. The maximum Gasteiger partial charge on any atom is 0.115 e. The summed E-state index contributed by atoms with van der Waals surface area (Å²) in [5.41, 5.74) is 2.16. The van der Waals surface area contributed by atoms with Crippen LogP contribution in [0.1, 0.15) is 31.1 Å². The van der Waals surface area contributed by atoms with Crippen LogP contribution in [0.5, 0.6) is 0 Å². The van der Waals surface area contributed by atoms with E-state index in [0.29, 0.717) is 0 Å². The normalized spacial score (nSPS) is 13.0. The number of aryl methyl sites for hydroxylation is 1. The van der Waals surface area contributed by atoms with Gasteiger partial charge in [0.05, 0.1) is 0 Å². The third-order valence-electron chi connectivity index (χ3n) is 1.86. The van der Waals surface area contributed by atoms with Gasteiger partial charge in [0.15, 0.2) is 0 Å². The first-order valence-corrected chi connectivity index (χ1v) is 3.98. The van der Waals surface area contributed by atoms with Crippen molar-refractivity contribution in [1.29, 1.82) is 0 Å². The third-order valence-corrected chi connectivity index (χ3v) is 1.86. The standard InChI is InChI=1S/C10H13O/c1-3-9-4-6-10(7-5-9)8(2)11/h4-8H,3H2,1-2H3. The van der Waals surface area contributed by atoms with E-state index in [1.807, 2.05) is 24.3 Å². The molecule has 1 rings (SSSR count). The van der Waals surface area contributed by atoms with E-state index in [9.17, 15) is 5.11 Å². The van der Waals surface area contributed by atoms with Gasteiger partial charge >= 0.3 is 0 Å². The lowest BCUT2D eigenvalue weighted by Gasteiger charge is -2.02. The third kappa shape index (κ3) is 2.05. The molecule has 0 heterocycles. The van der Waals surface area contributed by atoms with E-state index in [4.69, 9.17) is 0 Å². The van der Waals surface area contributed by atoms with Gasteiger partial charge in [-0.3, -0.25) is 0 Å². The van der Waals surface area contributed by atoms with Gasteiger partial charge in [0, 0.05) is 0 Å². The van der Waals surface area contributed by atoms with Gasteiger partial charge in [-0.2, -0.15) is 0 Å². The van der Waals surface area contributed by atoms with Gasteiger partial charge in [-0.1, -0.05) is 31.2 Å². The van der Waals surface area contributed by atoms with Crippen molar-refractivity contribution in [2.24, 2.45) is 0 Å². The predicted molar refractivity (Wildman–Crippen MR) is 44.9 cm³/mol. The molecule has 0 saturated carbocycles. The van der Waals surface area contributed by atoms with Crippen molar-refractivity contribution in [3.05, 3.63) is 35.4 Å². The zero-order chi connectivity index (χ0) is 8.27. The van der Waals surface area contributed by atoms with Crippen LogP contribution in [0, 0.1) is 0 Å². The van der Waals surface area contributed by atoms with Crippen LogP contribution in [0.3, 0.4) is 0 Å². The molecule has 0 saturated heterocycles. The molecule has 0 fully saturated rings. The van der Waals surface area contributed by atoms with Crippen molar-refractivity contribution in [1.82, 2.24) is 0 Å². The van der Waals surface area contributed by atoms with E-state index < -0.39 is 6.10 Å². The molecule has 1 unspecified atom stereocenters. The first-order chi connectivity index (χ1) is 5.24. The summed E-state index contributed by atoms with van der Waals surface area (Å²) in [6, 6.07) is 7.86. The molecule has 1 heteroatoms. The van der Waals surface area contributed by atoms with Crippen LogP contribution < -0.4 is 0 Å². The highest BCUT2D eigenvalue weighted by atomic mass is 16.3. The Labute approximate surface area is 67.7 Å². The van der Waals surface area contributed by atoms with E-state index in [-0.39, 0.29) is 0 Å². The molecule has 0 aromatic heterocycles. The molecule has 0 aliphatic rings. The summed E-state index contributed by atoms with van der Waals surface area (Å²) < 4.78 is 0. The molecule has 0 bridgehead atoms. The quantitative estimate of drug-likeness (QED) is 0.616. The lowest BCUT2D eigenvalue weighted by Crippen LogP contribution is -1.89. The molecular weight excluding hydrogens is 136 g/mol. The molecule has 0 aliphatic carbocycles. The van der Waals surface area contributed by atoms with Crippen LogP contribution in [-0.2, 0) is 11.5 Å². The first kappa shape index (κ1) is 8.28. The molecule has 1 aromatic carbocycles. The fourth-order valence-electron chi connectivity index (χ4n) is 1.02. The summed E-state index contributed by atoms with van der Waals surface area (Å²) in [5.74, 6) is 0. The molecular formula is C10H13O. The van der Waals surface area contributed by atoms with E-state index >= 15 is 0 Å². The van der Waals surface area contributed by atoms with Crippen molar-refractivity contribution < 1.29 is 5.11 Å². The Balaban J connectivity index is 2.83. The SMILES string of the molecule is CCc1ccc(C(C)[O])cc1. The van der Waals surface area contributed by atoms with Gasteiger partial charge in [0.1, 0.15) is 6.10 Å². The summed E-state index contributed by atoms with van der Waals surface area (Å²) in [6.07, 6.45) is 0.439. The Morgan fingerprint density at radius 3 is 2.18 bits per heavy atom. The van der Waals surface area contributed by atoms with Crippen LogP contribution in [0.15, 0.2) is 24.3 Å². The van der Waals surface area contributed by atoms with Crippen molar-refractivity contribution in [2.75, 3.05) is 0 Å². The Kier molecular flexibility index (Phi) is 2.66. The predicted octanol–water partition coefficient (Wildman–Crippen LogP) is 2.74. The van der Waals surface area contributed by atoms with Crippen LogP contribution in [0.25, 0.3) is 0 Å². The minimum absolute atomic E-state index is 0.596. The fraction of sp³-hybridized carbons (Fsp3) is 0.400. The van der Waals surface area contributed by atoms with Crippen LogP contribution >= 0.6 is 0 Å². The van der Waals surface area contributed by atoms with Crippen molar-refractivity contribution in [3.8, 4) is 0 Å². The van der Waals surface area contributed by atoms with Gasteiger partial charge < -0.3 is 0 Å². The summed E-state index contributed by atoms with van der Waals surface area (Å²) in [5, 5.41) is 10.9. The fourth-order valence-corrected chi connectivity index (χ4v) is 1.02. The minimum Gasteiger partial charge on any atom is -0.228 e. The summed E-state index contributed by atoms with van der Waals surface area (Å²) in [7, 11) is 0. The Morgan fingerprint density at radius 1 is 1.27 bits per heavy atom. The zero-order valence-corrected chi connectivity index (χ0v) is 7.00. The van der Waals surface area contributed by atoms with Gasteiger partial charge in [0.25, 0.3) is 0 Å². The highest BCUT2D eigenvalue weighted by Gasteiger charge is 2.00. The molecule has 0 spiro atoms. The Morgan fingerprint density at radius 2 is 1.82 bits per heavy atom. The van der Waals surface area contributed by atoms with Gasteiger partial charge in [-0.05, 0) is 24.5 Å². The van der Waals surface area contributed by atoms with Crippen LogP contribution in [0.2, 0.25) is 0 Å². The maximum atomic E-state index is 10.9. The molecule has 0 aliphatic heterocycles. The molecule has 1 atom stereocenters. The summed E-state index contributed by atoms with van der Waals surface area (Å²) in [6.45, 7) is 3.77. The number of hydrogen-bond acceptors (Lipinski definition) is 0. The van der Waals surface area contributed by atoms with Gasteiger partial charge in [-0.25, -0.2) is 5.11 Å². The van der Waals surface area contributed by atoms with E-state index in [2.05, 4.69) is 6.92 Å². The second-order valence-electron chi connectivity index (χ2n) is 2.74. The molecule has 0 N–H and O–H groups in total. The first-order valence-electron chi connectivity index (χ1n) is 3.98. The van der Waals surface area contributed by atoms with Crippen molar-refractivity contribution >= 4 is 0 Å². The van der Waals surface area contributed by atoms with E-state index in [1.165, 1.54) is 5.56 Å². The highest BCUT2D eigenvalue weighted by Crippen LogP contribution is 2.13. The average molecular weight is 149 g/mol. The second kappa shape index (κ2) is 3.54. The number of benzene rings is 1. The Hall–Kier alpha value is -0.820. The average Bonchev–Trinajstić information content (AvgIpc) is 2.05. The minimum atomic E-state index is -0.596. The number of rotatable bonds is 2. The van der Waals surface area contributed by atoms with Gasteiger partial charge in [-0.15, -0.1) is 0 Å². The van der Waals surface area contributed by atoms with E-state index in [1.54, 1.807) is 6.92 Å². The van der Waals surface area contributed by atoms with Crippen molar-refractivity contribution in [3.63, 3.8) is 0 Å². The van der Waals surface area contributed by atoms with Crippen molar-refractivity contribution in [2.45, 2.75) is 26.4 Å². The second-order valence-corrected chi connectivity index (χ2v) is 2.74. The highest BCUT2D eigenvalue weighted by molar-refractivity contribution is 5.23. The van der Waals surface area contributed by atoms with Crippen LogP contribution in [-0.4, -0.2) is 0 Å². The zero-order valence-electron chi connectivity index (χ0n) is 7.00. The molecule has 0 amide bonds. The monoisotopic (exact) mass is 149 g/mol.